The van der Waals surface area contributed by atoms with Crippen molar-refractivity contribution in [2.24, 2.45) is 0 Å². The van der Waals surface area contributed by atoms with Crippen LogP contribution < -0.4 is 20.1 Å². The number of methoxy groups -OCH3 is 1. The van der Waals surface area contributed by atoms with Gasteiger partial charge in [0.05, 0.1) is 18.7 Å². The van der Waals surface area contributed by atoms with Gasteiger partial charge in [0, 0.05) is 5.69 Å². The molecule has 0 aliphatic carbocycles. The first-order valence-electron chi connectivity index (χ1n) is 10.00. The average molecular weight is 418 g/mol. The van der Waals surface area contributed by atoms with Gasteiger partial charge in [0.25, 0.3) is 11.8 Å². The molecule has 0 radical (unpaired) electrons. The molecular weight excluding hydrogens is 392 g/mol. The van der Waals surface area contributed by atoms with Gasteiger partial charge in [0.2, 0.25) is 0 Å². The van der Waals surface area contributed by atoms with Gasteiger partial charge in [-0.15, -0.1) is 0 Å². The molecule has 2 N–H and O–H groups in total. The summed E-state index contributed by atoms with van der Waals surface area (Å²) in [6, 6.07) is 21.7. The van der Waals surface area contributed by atoms with Crippen molar-refractivity contribution in [1.82, 2.24) is 5.32 Å². The lowest BCUT2D eigenvalue weighted by Gasteiger charge is -2.17. The third kappa shape index (κ3) is 5.85. The summed E-state index contributed by atoms with van der Waals surface area (Å²) >= 11 is 0. The summed E-state index contributed by atoms with van der Waals surface area (Å²) < 4.78 is 10.8. The lowest BCUT2D eigenvalue weighted by molar-refractivity contribution is -0.123. The summed E-state index contributed by atoms with van der Waals surface area (Å²) in [5, 5.41) is 5.76. The fourth-order valence-electron chi connectivity index (χ4n) is 3.25. The third-order valence-corrected chi connectivity index (χ3v) is 4.87. The highest BCUT2D eigenvalue weighted by molar-refractivity contribution is 6.06. The van der Waals surface area contributed by atoms with E-state index in [1.807, 2.05) is 38.1 Å². The number of para-hydroxylation sites is 1. The molecule has 6 heteroatoms. The summed E-state index contributed by atoms with van der Waals surface area (Å²) in [5.41, 5.74) is 3.26. The molecule has 0 spiro atoms. The molecular formula is C25H26N2O4. The number of hydrogen-bond donors (Lipinski definition) is 2. The number of aryl methyl sites for hydroxylation is 1. The van der Waals surface area contributed by atoms with Crippen molar-refractivity contribution < 1.29 is 19.1 Å². The highest BCUT2D eigenvalue weighted by Crippen LogP contribution is 2.21. The van der Waals surface area contributed by atoms with Gasteiger partial charge in [0.15, 0.2) is 6.61 Å². The minimum atomic E-state index is -0.268. The van der Waals surface area contributed by atoms with Gasteiger partial charge in [0.1, 0.15) is 11.5 Å². The van der Waals surface area contributed by atoms with Gasteiger partial charge in [-0.1, -0.05) is 36.4 Å². The van der Waals surface area contributed by atoms with Crippen molar-refractivity contribution in [2.75, 3.05) is 19.0 Å². The van der Waals surface area contributed by atoms with E-state index in [0.29, 0.717) is 22.7 Å². The summed E-state index contributed by atoms with van der Waals surface area (Å²) in [5.74, 6) is 0.569. The Hall–Kier alpha value is -3.80. The molecule has 1 atom stereocenters. The Labute approximate surface area is 182 Å². The zero-order valence-corrected chi connectivity index (χ0v) is 17.8. The Morgan fingerprint density at radius 2 is 1.61 bits per heavy atom. The molecule has 0 heterocycles. The highest BCUT2D eigenvalue weighted by atomic mass is 16.5. The minimum absolute atomic E-state index is 0.0941. The number of carbonyl (C=O) groups is 2. The Balaban J connectivity index is 1.52. The molecule has 0 saturated carbocycles. The molecule has 3 rings (SSSR count). The van der Waals surface area contributed by atoms with E-state index in [-0.39, 0.29) is 24.5 Å². The molecule has 6 nitrogen and oxygen atoms in total. The van der Waals surface area contributed by atoms with Gasteiger partial charge >= 0.3 is 0 Å². The molecule has 0 fully saturated rings. The van der Waals surface area contributed by atoms with Crippen LogP contribution in [0.15, 0.2) is 72.8 Å². The molecule has 160 valence electrons. The average Bonchev–Trinajstić information content (AvgIpc) is 2.78. The monoisotopic (exact) mass is 418 g/mol. The van der Waals surface area contributed by atoms with Crippen LogP contribution in [-0.4, -0.2) is 25.5 Å². The van der Waals surface area contributed by atoms with Crippen molar-refractivity contribution in [3.05, 3.63) is 89.5 Å². The number of carbonyl (C=O) groups excluding carboxylic acids is 2. The largest absolute Gasteiger partial charge is 0.496 e. The van der Waals surface area contributed by atoms with Gasteiger partial charge in [-0.25, -0.2) is 0 Å². The quantitative estimate of drug-likeness (QED) is 0.564. The molecule has 0 aromatic heterocycles. The number of nitrogens with one attached hydrogen (secondary N) is 2. The third-order valence-electron chi connectivity index (χ3n) is 4.87. The van der Waals surface area contributed by atoms with Crippen LogP contribution in [0.1, 0.15) is 34.5 Å². The molecule has 31 heavy (non-hydrogen) atoms. The first-order chi connectivity index (χ1) is 15.0. The maximum atomic E-state index is 12.5. The molecule has 0 bridgehead atoms. The first-order valence-corrected chi connectivity index (χ1v) is 10.00. The van der Waals surface area contributed by atoms with Crippen LogP contribution in [0.3, 0.4) is 0 Å². The van der Waals surface area contributed by atoms with E-state index in [0.717, 1.165) is 11.1 Å². The van der Waals surface area contributed by atoms with Crippen LogP contribution in [0.5, 0.6) is 11.5 Å². The summed E-state index contributed by atoms with van der Waals surface area (Å²) in [4.78, 5) is 24.7. The molecule has 2 amide bonds. The second-order valence-corrected chi connectivity index (χ2v) is 7.11. The predicted molar refractivity (Wildman–Crippen MR) is 121 cm³/mol. The number of ether oxygens (including phenoxy) is 2. The smallest absolute Gasteiger partial charge is 0.259 e. The summed E-state index contributed by atoms with van der Waals surface area (Å²) in [6.07, 6.45) is 0. The Morgan fingerprint density at radius 1 is 0.935 bits per heavy atom. The first kappa shape index (κ1) is 21.9. The van der Waals surface area contributed by atoms with Gasteiger partial charge in [-0.3, -0.25) is 9.59 Å². The maximum Gasteiger partial charge on any atom is 0.259 e. The van der Waals surface area contributed by atoms with Gasteiger partial charge in [-0.2, -0.15) is 0 Å². The predicted octanol–water partition coefficient (Wildman–Crippen LogP) is 4.51. The van der Waals surface area contributed by atoms with E-state index in [2.05, 4.69) is 10.6 Å². The Morgan fingerprint density at radius 3 is 2.32 bits per heavy atom. The molecule has 0 aliphatic heterocycles. The van der Waals surface area contributed by atoms with Crippen molar-refractivity contribution >= 4 is 17.5 Å². The van der Waals surface area contributed by atoms with Crippen molar-refractivity contribution in [1.29, 1.82) is 0 Å². The molecule has 0 saturated heterocycles. The van der Waals surface area contributed by atoms with Crippen molar-refractivity contribution in [3.8, 4) is 11.5 Å². The number of rotatable bonds is 8. The van der Waals surface area contributed by atoms with E-state index in [4.69, 9.17) is 9.47 Å². The minimum Gasteiger partial charge on any atom is -0.496 e. The number of hydrogen-bond acceptors (Lipinski definition) is 4. The van der Waals surface area contributed by atoms with Crippen molar-refractivity contribution in [3.63, 3.8) is 0 Å². The Kier molecular flexibility index (Phi) is 7.27. The SMILES string of the molecule is COc1ccccc1C(=O)Nc1ccc(OCC(=O)N[C@H](C)c2ccccc2C)cc1. The normalized spacial score (nSPS) is 11.3. The molecule has 0 unspecified atom stereocenters. The standard InChI is InChI=1S/C25H26N2O4/c1-17-8-4-5-9-21(17)18(2)26-24(28)16-31-20-14-12-19(13-15-20)27-25(29)22-10-6-7-11-23(22)30-3/h4-15,18H,16H2,1-3H3,(H,26,28)(H,27,29)/t18-/m1/s1. The second-order valence-electron chi connectivity index (χ2n) is 7.11. The van der Waals surface area contributed by atoms with Crippen LogP contribution >= 0.6 is 0 Å². The van der Waals surface area contributed by atoms with E-state index in [1.165, 1.54) is 7.11 Å². The highest BCUT2D eigenvalue weighted by Gasteiger charge is 2.13. The van der Waals surface area contributed by atoms with Crippen LogP contribution in [0.4, 0.5) is 5.69 Å². The van der Waals surface area contributed by atoms with Crippen molar-refractivity contribution in [2.45, 2.75) is 19.9 Å². The van der Waals surface area contributed by atoms with E-state index >= 15 is 0 Å². The molecule has 3 aromatic rings. The maximum absolute atomic E-state index is 12.5. The van der Waals surface area contributed by atoms with E-state index < -0.39 is 0 Å². The van der Waals surface area contributed by atoms with Gasteiger partial charge < -0.3 is 20.1 Å². The lowest BCUT2D eigenvalue weighted by Crippen LogP contribution is -2.31. The second kappa shape index (κ2) is 10.3. The summed E-state index contributed by atoms with van der Waals surface area (Å²) in [7, 11) is 1.52. The Bertz CT molecular complexity index is 1050. The molecule has 3 aromatic carbocycles. The van der Waals surface area contributed by atoms with Crippen LogP contribution in [0, 0.1) is 6.92 Å². The zero-order valence-electron chi connectivity index (χ0n) is 17.8. The number of anilines is 1. The van der Waals surface area contributed by atoms with Crippen LogP contribution in [0.2, 0.25) is 0 Å². The summed E-state index contributed by atoms with van der Waals surface area (Å²) in [6.45, 7) is 3.87. The fraction of sp³-hybridized carbons (Fsp3) is 0.200. The topological polar surface area (TPSA) is 76.7 Å². The van der Waals surface area contributed by atoms with Crippen LogP contribution in [-0.2, 0) is 4.79 Å². The number of amides is 2. The van der Waals surface area contributed by atoms with E-state index in [1.54, 1.807) is 48.5 Å². The fourth-order valence-corrected chi connectivity index (χ4v) is 3.25. The number of benzene rings is 3. The van der Waals surface area contributed by atoms with Crippen LogP contribution in [0.25, 0.3) is 0 Å². The zero-order chi connectivity index (χ0) is 22.2. The molecule has 0 aliphatic rings. The lowest BCUT2D eigenvalue weighted by atomic mass is 10.0. The van der Waals surface area contributed by atoms with E-state index in [9.17, 15) is 9.59 Å². The van der Waals surface area contributed by atoms with Gasteiger partial charge in [-0.05, 0) is 61.4 Å².